The molecule has 1 saturated carbocycles. The number of aliphatic hydroxyl groups excluding tert-OH is 4. The van der Waals surface area contributed by atoms with Crippen LogP contribution in [0.1, 0.15) is 181 Å². The van der Waals surface area contributed by atoms with Crippen molar-refractivity contribution in [2.45, 2.75) is 205 Å². The lowest BCUT2D eigenvalue weighted by molar-refractivity contribution is -0.151. The second-order valence-corrected chi connectivity index (χ2v) is 14.8. The van der Waals surface area contributed by atoms with Crippen molar-refractivity contribution in [1.82, 2.24) is 0 Å². The molecule has 0 aromatic heterocycles. The average molecular weight is 709 g/mol. The molecule has 292 valence electrons. The molecular weight excluding hydrogens is 632 g/mol. The van der Waals surface area contributed by atoms with E-state index in [1.54, 1.807) is 18.2 Å². The Bertz CT molecular complexity index is 874. The van der Waals surface area contributed by atoms with E-state index in [0.717, 1.165) is 38.5 Å². The van der Waals surface area contributed by atoms with Crippen LogP contribution in [0.4, 0.5) is 0 Å². The number of rotatable bonds is 33. The summed E-state index contributed by atoms with van der Waals surface area (Å²) in [5, 5.41) is 41.1. The quantitative estimate of drug-likeness (QED) is 0.0302. The minimum absolute atomic E-state index is 0.00782. The summed E-state index contributed by atoms with van der Waals surface area (Å²) in [6, 6.07) is 0. The minimum Gasteiger partial charge on any atom is -0.463 e. The van der Waals surface area contributed by atoms with Gasteiger partial charge in [-0.3, -0.25) is 9.59 Å². The Morgan fingerprint density at radius 3 is 1.66 bits per heavy atom. The molecule has 0 saturated heterocycles. The third-order valence-corrected chi connectivity index (χ3v) is 10.0. The van der Waals surface area contributed by atoms with Crippen LogP contribution < -0.4 is 0 Å². The summed E-state index contributed by atoms with van der Waals surface area (Å²) in [4.78, 5) is 24.2. The fourth-order valence-electron chi connectivity index (χ4n) is 6.82. The van der Waals surface area contributed by atoms with Gasteiger partial charge in [0.1, 0.15) is 19.3 Å². The molecule has 4 N–H and O–H groups in total. The van der Waals surface area contributed by atoms with Crippen molar-refractivity contribution in [2.75, 3.05) is 13.2 Å². The number of carbonyl (C=O) groups is 2. The molecule has 50 heavy (non-hydrogen) atoms. The maximum absolute atomic E-state index is 12.1. The molecule has 1 aliphatic carbocycles. The first-order chi connectivity index (χ1) is 24.3. The molecule has 8 heteroatoms. The Balaban J connectivity index is 2.02. The third kappa shape index (κ3) is 25.3. The molecule has 0 aromatic carbocycles. The zero-order chi connectivity index (χ0) is 36.7. The first kappa shape index (κ1) is 46.3. The highest BCUT2D eigenvalue weighted by molar-refractivity contribution is 5.71. The molecule has 0 spiro atoms. The lowest BCUT2D eigenvalue weighted by Gasteiger charge is -2.19. The largest absolute Gasteiger partial charge is 0.463 e. The van der Waals surface area contributed by atoms with E-state index in [-0.39, 0.29) is 43.9 Å². The van der Waals surface area contributed by atoms with Crippen molar-refractivity contribution in [2.24, 2.45) is 11.8 Å². The summed E-state index contributed by atoms with van der Waals surface area (Å²) >= 11 is 0. The van der Waals surface area contributed by atoms with Crippen molar-refractivity contribution in [3.63, 3.8) is 0 Å². The summed E-state index contributed by atoms with van der Waals surface area (Å²) in [6.45, 7) is 3.93. The number of hydrogen-bond donors (Lipinski definition) is 4. The number of allylic oxidation sites excluding steroid dienone is 1. The van der Waals surface area contributed by atoms with Crippen LogP contribution in [0.25, 0.3) is 0 Å². The predicted molar refractivity (Wildman–Crippen MR) is 203 cm³/mol. The molecule has 8 nitrogen and oxygen atoms in total. The Kier molecular flexibility index (Phi) is 29.6. The lowest BCUT2D eigenvalue weighted by atomic mass is 9.89. The Hall–Kier alpha value is -1.74. The molecule has 0 unspecified atom stereocenters. The maximum atomic E-state index is 12.1. The van der Waals surface area contributed by atoms with Crippen molar-refractivity contribution >= 4 is 11.9 Å². The standard InChI is InChI=1S/C42H76O8/c1-3-5-7-8-9-10-11-12-13-14-15-16-17-18-19-20-21-23-28-41(47)49-33-36(44)34-50-42(48)29-25-24-27-37-38(40(46)32-39(37)45)31-30-35(43)26-22-6-4-2/h24-25,30-31,35-40,43-46H,3-23,26-29,32-34H2,1-2H3/b25-24-,31-30+/t35-,36-,37+,38-,39+,40-/m1/s1. The summed E-state index contributed by atoms with van der Waals surface area (Å²) in [6.07, 6.45) is 32.2. The topological polar surface area (TPSA) is 134 Å². The molecule has 1 rings (SSSR count). The molecule has 6 atom stereocenters. The van der Waals surface area contributed by atoms with Crippen LogP contribution in [0.3, 0.4) is 0 Å². The summed E-state index contributed by atoms with van der Waals surface area (Å²) < 4.78 is 10.3. The van der Waals surface area contributed by atoms with E-state index < -0.39 is 30.4 Å². The van der Waals surface area contributed by atoms with Crippen LogP contribution >= 0.6 is 0 Å². The van der Waals surface area contributed by atoms with Crippen molar-refractivity contribution in [3.05, 3.63) is 24.3 Å². The van der Waals surface area contributed by atoms with Gasteiger partial charge in [0.05, 0.1) is 24.7 Å². The highest BCUT2D eigenvalue weighted by Crippen LogP contribution is 2.36. The van der Waals surface area contributed by atoms with Crippen molar-refractivity contribution < 1.29 is 39.5 Å². The normalized spacial score (nSPS) is 20.5. The second-order valence-electron chi connectivity index (χ2n) is 14.8. The van der Waals surface area contributed by atoms with Gasteiger partial charge in [-0.15, -0.1) is 0 Å². The zero-order valence-electron chi connectivity index (χ0n) is 32.0. The number of unbranched alkanes of at least 4 members (excludes halogenated alkanes) is 19. The number of hydrogen-bond acceptors (Lipinski definition) is 8. The van der Waals surface area contributed by atoms with E-state index in [0.29, 0.717) is 19.3 Å². The molecule has 0 radical (unpaired) electrons. The number of aliphatic hydroxyl groups is 4. The van der Waals surface area contributed by atoms with Crippen LogP contribution in [0.5, 0.6) is 0 Å². The van der Waals surface area contributed by atoms with Crippen LogP contribution in [-0.4, -0.2) is 70.0 Å². The summed E-state index contributed by atoms with van der Waals surface area (Å²) in [5.74, 6) is -1.32. The van der Waals surface area contributed by atoms with E-state index in [1.165, 1.54) is 96.3 Å². The molecule has 1 aliphatic rings. The molecule has 0 heterocycles. The number of ether oxygens (including phenoxy) is 2. The van der Waals surface area contributed by atoms with Gasteiger partial charge in [0.2, 0.25) is 0 Å². The average Bonchev–Trinajstić information content (AvgIpc) is 3.37. The van der Waals surface area contributed by atoms with E-state index in [2.05, 4.69) is 13.8 Å². The van der Waals surface area contributed by atoms with Crippen LogP contribution in [0.2, 0.25) is 0 Å². The van der Waals surface area contributed by atoms with E-state index in [4.69, 9.17) is 9.47 Å². The van der Waals surface area contributed by atoms with Gasteiger partial charge >= 0.3 is 11.9 Å². The fraction of sp³-hybridized carbons (Fsp3) is 0.857. The Morgan fingerprint density at radius 2 is 1.12 bits per heavy atom. The van der Waals surface area contributed by atoms with Gasteiger partial charge in [-0.2, -0.15) is 0 Å². The van der Waals surface area contributed by atoms with Gasteiger partial charge in [-0.05, 0) is 25.2 Å². The van der Waals surface area contributed by atoms with Gasteiger partial charge in [0.25, 0.3) is 0 Å². The highest BCUT2D eigenvalue weighted by atomic mass is 16.6. The van der Waals surface area contributed by atoms with E-state index in [1.807, 2.05) is 6.08 Å². The lowest BCUT2D eigenvalue weighted by Crippen LogP contribution is -2.25. The van der Waals surface area contributed by atoms with Crippen LogP contribution in [-0.2, 0) is 19.1 Å². The van der Waals surface area contributed by atoms with Gasteiger partial charge in [0, 0.05) is 18.8 Å². The van der Waals surface area contributed by atoms with Crippen molar-refractivity contribution in [3.8, 4) is 0 Å². The predicted octanol–water partition coefficient (Wildman–Crippen LogP) is 9.06. The Morgan fingerprint density at radius 1 is 0.640 bits per heavy atom. The Labute approximate surface area is 305 Å². The van der Waals surface area contributed by atoms with Crippen LogP contribution in [0, 0.1) is 11.8 Å². The number of carbonyl (C=O) groups excluding carboxylic acids is 2. The third-order valence-electron chi connectivity index (χ3n) is 10.0. The summed E-state index contributed by atoms with van der Waals surface area (Å²) in [7, 11) is 0. The molecule has 0 bridgehead atoms. The second kappa shape index (κ2) is 32.0. The van der Waals surface area contributed by atoms with Gasteiger partial charge in [-0.1, -0.05) is 167 Å². The first-order valence-corrected chi connectivity index (χ1v) is 20.6. The zero-order valence-corrected chi connectivity index (χ0v) is 32.0. The van der Waals surface area contributed by atoms with Crippen molar-refractivity contribution in [1.29, 1.82) is 0 Å². The summed E-state index contributed by atoms with van der Waals surface area (Å²) in [5.41, 5.74) is 0. The molecule has 0 aliphatic heterocycles. The van der Waals surface area contributed by atoms with E-state index >= 15 is 0 Å². The number of esters is 2. The SMILES string of the molecule is CCCCCCCCCCCCCCCCCCCCC(=O)OC[C@@H](O)COC(=O)C/C=C\C[C@H]1[C@@H](/C=C/[C@H](O)CCCCC)[C@H](O)C[C@@H]1O. The minimum atomic E-state index is -1.08. The molecule has 0 amide bonds. The maximum Gasteiger partial charge on any atom is 0.309 e. The molecular formula is C42H76O8. The monoisotopic (exact) mass is 709 g/mol. The smallest absolute Gasteiger partial charge is 0.309 e. The van der Waals surface area contributed by atoms with E-state index in [9.17, 15) is 30.0 Å². The van der Waals surface area contributed by atoms with Gasteiger partial charge in [-0.25, -0.2) is 0 Å². The highest BCUT2D eigenvalue weighted by Gasteiger charge is 2.39. The molecule has 0 aromatic rings. The molecule has 1 fully saturated rings. The van der Waals surface area contributed by atoms with Gasteiger partial charge < -0.3 is 29.9 Å². The first-order valence-electron chi connectivity index (χ1n) is 20.6. The van der Waals surface area contributed by atoms with Gasteiger partial charge in [0.15, 0.2) is 0 Å². The fourth-order valence-corrected chi connectivity index (χ4v) is 6.82. The van der Waals surface area contributed by atoms with Crippen LogP contribution in [0.15, 0.2) is 24.3 Å².